The first-order chi connectivity index (χ1) is 20.5. The van der Waals surface area contributed by atoms with Crippen LogP contribution in [0.3, 0.4) is 0 Å². The minimum absolute atomic E-state index is 0.00269. The Morgan fingerprint density at radius 3 is 2.22 bits per heavy atom. The number of carbonyl (C=O) groups is 1. The Hall–Kier alpha value is -0.956. The summed E-state index contributed by atoms with van der Waals surface area (Å²) >= 11 is 0. The lowest BCUT2D eigenvalue weighted by Crippen LogP contribution is -2.49. The first-order valence-corrected chi connectivity index (χ1v) is 24.0. The Labute approximate surface area is 280 Å². The number of aliphatic carboxylic acids is 1. The van der Waals surface area contributed by atoms with Gasteiger partial charge in [-0.25, -0.2) is 0 Å². The number of carboxylic acids is 1. The van der Waals surface area contributed by atoms with E-state index in [-0.39, 0.29) is 22.3 Å². The quantitative estimate of drug-likeness (QED) is 0.224. The molecule has 0 aromatic rings. The van der Waals surface area contributed by atoms with Gasteiger partial charge in [0.15, 0.2) is 16.6 Å². The van der Waals surface area contributed by atoms with E-state index in [1.807, 2.05) is 0 Å². The van der Waals surface area contributed by atoms with Gasteiger partial charge in [-0.2, -0.15) is 0 Å². The van der Waals surface area contributed by atoms with Crippen molar-refractivity contribution in [1.29, 1.82) is 0 Å². The van der Waals surface area contributed by atoms with Gasteiger partial charge >= 0.3 is 5.97 Å². The summed E-state index contributed by atoms with van der Waals surface area (Å²) in [5, 5.41) is 9.49. The zero-order chi connectivity index (χ0) is 34.2. The number of hydrogen-bond donors (Lipinski definition) is 1. The molecule has 0 amide bonds. The smallest absolute Gasteiger partial charge is 0.303 e. The van der Waals surface area contributed by atoms with Gasteiger partial charge in [0, 0.05) is 12.8 Å². The normalized spacial score (nSPS) is 31.2. The highest BCUT2D eigenvalue weighted by Crippen LogP contribution is 2.60. The molecule has 1 N–H and O–H groups in total. The van der Waals surface area contributed by atoms with Crippen LogP contribution in [-0.2, 0) is 13.6 Å². The molecule has 0 aromatic carbocycles. The summed E-state index contributed by atoms with van der Waals surface area (Å²) < 4.78 is 14.3. The predicted molar refractivity (Wildman–Crippen MR) is 197 cm³/mol. The third-order valence-electron chi connectivity index (χ3n) is 13.1. The molecule has 45 heavy (non-hydrogen) atoms. The average molecular weight is 659 g/mol. The van der Waals surface area contributed by atoms with Gasteiger partial charge in [0.2, 0.25) is 0 Å². The Bertz CT molecular complexity index is 1130. The lowest BCUT2D eigenvalue weighted by atomic mass is 9.60. The van der Waals surface area contributed by atoms with Crippen molar-refractivity contribution >= 4 is 22.6 Å². The number of rotatable bonds is 11. The van der Waals surface area contributed by atoms with Gasteiger partial charge in [0.05, 0.1) is 12.2 Å². The molecule has 0 radical (unpaired) electrons. The third kappa shape index (κ3) is 8.75. The molecule has 6 heteroatoms. The fourth-order valence-electron chi connectivity index (χ4n) is 8.29. The van der Waals surface area contributed by atoms with Crippen molar-refractivity contribution in [3.63, 3.8) is 0 Å². The van der Waals surface area contributed by atoms with Crippen LogP contribution in [0.25, 0.3) is 0 Å². The number of fused-ring (bicyclic) bond motifs is 1. The molecule has 4 nitrogen and oxygen atoms in total. The first kappa shape index (κ1) is 38.5. The molecule has 0 bridgehead atoms. The second kappa shape index (κ2) is 14.3. The molecule has 0 spiro atoms. The average Bonchev–Trinajstić information content (AvgIpc) is 3.25. The van der Waals surface area contributed by atoms with Gasteiger partial charge in [-0.15, -0.1) is 0 Å². The van der Waals surface area contributed by atoms with Crippen LogP contribution < -0.4 is 0 Å². The molecule has 3 aliphatic rings. The zero-order valence-electron chi connectivity index (χ0n) is 31.6. The number of hydrogen-bond acceptors (Lipinski definition) is 3. The first-order valence-electron chi connectivity index (χ1n) is 18.2. The molecule has 0 aromatic heterocycles. The van der Waals surface area contributed by atoms with Crippen LogP contribution in [-0.4, -0.2) is 39.9 Å². The fraction of sp³-hybridized carbons (Fsp3) is 0.821. The van der Waals surface area contributed by atoms with E-state index in [4.69, 9.17) is 15.4 Å². The van der Waals surface area contributed by atoms with E-state index in [0.717, 1.165) is 32.1 Å². The maximum absolute atomic E-state index is 11.2. The van der Waals surface area contributed by atoms with Gasteiger partial charge in [0.1, 0.15) is 0 Å². The second-order valence-corrected chi connectivity index (χ2v) is 27.8. The summed E-state index contributed by atoms with van der Waals surface area (Å²) in [6.07, 6.45) is 13.9. The van der Waals surface area contributed by atoms with E-state index >= 15 is 0 Å². The standard InChI is InChI=1S/C39H70O4Si2/c1-15-29(32-19-17-23-39(10)33(21-22-34(32)39)27(2)18-16-20-36(40)41)24-30-25-31(42-44(11,12)37(4,5)6)26-35(28(30)3)43-45(13,14)38(7,8)9/h24,27,31,33-35H,3,15-23,25-26H2,1-2,4-14H3,(H,40,41)/b30-24+,32-29+/t27-,31-,33-,34+,35+,39-/m1/s1. The van der Waals surface area contributed by atoms with Crippen molar-refractivity contribution in [3.8, 4) is 0 Å². The molecule has 6 atom stereocenters. The zero-order valence-corrected chi connectivity index (χ0v) is 33.6. The summed E-state index contributed by atoms with van der Waals surface area (Å²) in [7, 11) is -3.97. The molecule has 0 saturated heterocycles. The molecule has 3 saturated carbocycles. The molecule has 258 valence electrons. The van der Waals surface area contributed by atoms with E-state index in [0.29, 0.717) is 29.6 Å². The molecule has 0 heterocycles. The summed E-state index contributed by atoms with van der Waals surface area (Å²) in [5.74, 6) is 1.20. The highest BCUT2D eigenvalue weighted by atomic mass is 28.4. The van der Waals surface area contributed by atoms with Crippen LogP contribution in [0.15, 0.2) is 34.9 Å². The van der Waals surface area contributed by atoms with E-state index < -0.39 is 22.6 Å². The summed E-state index contributed by atoms with van der Waals surface area (Å²) in [4.78, 5) is 11.2. The molecule has 0 aliphatic heterocycles. The molecule has 3 fully saturated rings. The molecular weight excluding hydrogens is 589 g/mol. The van der Waals surface area contributed by atoms with Gasteiger partial charge in [-0.05, 0) is 134 Å². The van der Waals surface area contributed by atoms with Crippen molar-refractivity contribution < 1.29 is 18.8 Å². The largest absolute Gasteiger partial charge is 0.481 e. The maximum atomic E-state index is 11.2. The lowest BCUT2D eigenvalue weighted by molar-refractivity contribution is -0.137. The summed E-state index contributed by atoms with van der Waals surface area (Å²) in [6.45, 7) is 35.5. The van der Waals surface area contributed by atoms with Gasteiger partial charge in [-0.3, -0.25) is 4.79 Å². The Kier molecular flexibility index (Phi) is 12.2. The number of allylic oxidation sites excluding steroid dienone is 3. The maximum Gasteiger partial charge on any atom is 0.303 e. The molecular formula is C39H70O4Si2. The Morgan fingerprint density at radius 1 is 1.07 bits per heavy atom. The summed E-state index contributed by atoms with van der Waals surface area (Å²) in [6, 6.07) is 0. The highest BCUT2D eigenvalue weighted by Gasteiger charge is 2.51. The fourth-order valence-corrected chi connectivity index (χ4v) is 11.0. The minimum atomic E-state index is -2.01. The number of carboxylic acid groups (broad SMARTS) is 1. The van der Waals surface area contributed by atoms with Crippen molar-refractivity contribution in [1.82, 2.24) is 0 Å². The van der Waals surface area contributed by atoms with Crippen LogP contribution in [0, 0.1) is 23.2 Å². The van der Waals surface area contributed by atoms with E-state index in [2.05, 4.69) is 94.6 Å². The van der Waals surface area contributed by atoms with Crippen molar-refractivity contribution in [3.05, 3.63) is 34.9 Å². The second-order valence-electron chi connectivity index (χ2n) is 18.3. The topological polar surface area (TPSA) is 55.8 Å². The van der Waals surface area contributed by atoms with Crippen molar-refractivity contribution in [2.75, 3.05) is 0 Å². The molecule has 3 aliphatic carbocycles. The van der Waals surface area contributed by atoms with Crippen LogP contribution in [0.4, 0.5) is 0 Å². The predicted octanol–water partition coefficient (Wildman–Crippen LogP) is 11.9. The Balaban J connectivity index is 1.98. The summed E-state index contributed by atoms with van der Waals surface area (Å²) in [5.41, 5.74) is 6.06. The van der Waals surface area contributed by atoms with Crippen LogP contribution >= 0.6 is 0 Å². The highest BCUT2D eigenvalue weighted by molar-refractivity contribution is 6.74. The Morgan fingerprint density at radius 2 is 1.67 bits per heavy atom. The van der Waals surface area contributed by atoms with Crippen LogP contribution in [0.5, 0.6) is 0 Å². The van der Waals surface area contributed by atoms with Gasteiger partial charge in [-0.1, -0.05) is 80.5 Å². The van der Waals surface area contributed by atoms with Crippen LogP contribution in [0.1, 0.15) is 133 Å². The molecule has 3 rings (SSSR count). The van der Waals surface area contributed by atoms with E-state index in [1.165, 1.54) is 48.8 Å². The molecule has 0 unspecified atom stereocenters. The minimum Gasteiger partial charge on any atom is -0.481 e. The van der Waals surface area contributed by atoms with Gasteiger partial charge < -0.3 is 14.0 Å². The van der Waals surface area contributed by atoms with Crippen LogP contribution in [0.2, 0.25) is 36.3 Å². The van der Waals surface area contributed by atoms with E-state index in [1.54, 1.807) is 5.57 Å². The monoisotopic (exact) mass is 658 g/mol. The third-order valence-corrected chi connectivity index (χ3v) is 22.1. The van der Waals surface area contributed by atoms with Gasteiger partial charge in [0.25, 0.3) is 0 Å². The van der Waals surface area contributed by atoms with Crippen molar-refractivity contribution in [2.24, 2.45) is 23.2 Å². The van der Waals surface area contributed by atoms with Crippen molar-refractivity contribution in [2.45, 2.75) is 181 Å². The SMILES string of the molecule is C=C1/C(=C/C(CC)=C2\CCC[C@]3(C)[C@@H]([C@H](C)CCCC(=O)O)CC[C@@H]23)C[C@@H](O[Si](C)(C)C(C)(C)C)C[C@@H]1O[Si](C)(C)C(C)(C)C. The van der Waals surface area contributed by atoms with E-state index in [9.17, 15) is 9.90 Å². The lowest BCUT2D eigenvalue weighted by Gasteiger charge is -2.46.